The van der Waals surface area contributed by atoms with E-state index in [4.69, 9.17) is 14.2 Å². The molecule has 7 heteroatoms. The lowest BCUT2D eigenvalue weighted by Gasteiger charge is -2.53. The van der Waals surface area contributed by atoms with Gasteiger partial charge in [-0.2, -0.15) is 0 Å². The van der Waals surface area contributed by atoms with Crippen molar-refractivity contribution in [3.05, 3.63) is 54.1 Å². The van der Waals surface area contributed by atoms with Gasteiger partial charge >= 0.3 is 5.97 Å². The number of benzene rings is 2. The first kappa shape index (κ1) is 24.0. The number of amides is 1. The number of esters is 1. The van der Waals surface area contributed by atoms with Crippen LogP contribution in [0.2, 0.25) is 0 Å². The number of rotatable bonds is 11. The molecule has 3 rings (SSSR count). The highest BCUT2D eigenvalue weighted by molar-refractivity contribution is 8.01. The van der Waals surface area contributed by atoms with E-state index >= 15 is 0 Å². The number of hydrogen-bond acceptors (Lipinski definition) is 6. The third-order valence-corrected chi connectivity index (χ3v) is 7.30. The first-order valence-electron chi connectivity index (χ1n) is 10.9. The predicted molar refractivity (Wildman–Crippen MR) is 125 cm³/mol. The van der Waals surface area contributed by atoms with Crippen LogP contribution >= 0.6 is 11.8 Å². The van der Waals surface area contributed by atoms with E-state index in [9.17, 15) is 9.59 Å². The van der Waals surface area contributed by atoms with Crippen LogP contribution in [0.5, 0.6) is 11.5 Å². The average Bonchev–Trinajstić information content (AvgIpc) is 2.83. The minimum Gasteiger partial charge on any atom is -0.497 e. The highest BCUT2D eigenvalue weighted by Crippen LogP contribution is 2.50. The van der Waals surface area contributed by atoms with E-state index in [2.05, 4.69) is 0 Å². The smallest absolute Gasteiger partial charge is 0.330 e. The maximum absolute atomic E-state index is 13.5. The van der Waals surface area contributed by atoms with Gasteiger partial charge in [0.15, 0.2) is 6.04 Å². The Hall–Kier alpha value is -2.67. The Balaban J connectivity index is 1.91. The molecule has 1 amide bonds. The summed E-state index contributed by atoms with van der Waals surface area (Å²) in [6.45, 7) is 4.61. The molecule has 1 saturated heterocycles. The van der Waals surface area contributed by atoms with E-state index in [0.29, 0.717) is 24.5 Å². The topological polar surface area (TPSA) is 65.1 Å². The van der Waals surface area contributed by atoms with Crippen molar-refractivity contribution in [2.75, 3.05) is 20.8 Å². The number of hydrogen-bond donors (Lipinski definition) is 0. The summed E-state index contributed by atoms with van der Waals surface area (Å²) in [5.41, 5.74) is 0.808. The van der Waals surface area contributed by atoms with Gasteiger partial charge in [-0.1, -0.05) is 38.5 Å². The van der Waals surface area contributed by atoms with Gasteiger partial charge in [0.2, 0.25) is 5.91 Å². The zero-order valence-electron chi connectivity index (χ0n) is 19.1. The van der Waals surface area contributed by atoms with Crippen LogP contribution in [0.25, 0.3) is 0 Å². The van der Waals surface area contributed by atoms with Crippen LogP contribution < -0.4 is 9.47 Å². The van der Waals surface area contributed by atoms with E-state index in [1.807, 2.05) is 56.3 Å². The zero-order chi connectivity index (χ0) is 23.1. The summed E-state index contributed by atoms with van der Waals surface area (Å²) in [6, 6.07) is 14.5. The molecule has 0 aliphatic carbocycles. The van der Waals surface area contributed by atoms with Gasteiger partial charge in [0.05, 0.1) is 27.4 Å². The number of carbonyl (C=O) groups excluding carboxylic acids is 2. The fourth-order valence-corrected chi connectivity index (χ4v) is 5.32. The summed E-state index contributed by atoms with van der Waals surface area (Å²) < 4.78 is 15.5. The van der Waals surface area contributed by atoms with Gasteiger partial charge in [0.1, 0.15) is 16.2 Å². The van der Waals surface area contributed by atoms with Crippen LogP contribution in [0.1, 0.15) is 38.7 Å². The van der Waals surface area contributed by atoms with Gasteiger partial charge in [-0.15, -0.1) is 11.8 Å². The number of carbonyl (C=O) groups is 2. The first-order valence-corrected chi connectivity index (χ1v) is 11.7. The van der Waals surface area contributed by atoms with Crippen molar-refractivity contribution < 1.29 is 23.8 Å². The molecule has 1 heterocycles. The molecule has 0 N–H and O–H groups in total. The Labute approximate surface area is 194 Å². The zero-order valence-corrected chi connectivity index (χ0v) is 19.9. The first-order chi connectivity index (χ1) is 15.5. The van der Waals surface area contributed by atoms with Crippen molar-refractivity contribution in [1.29, 1.82) is 0 Å². The molecule has 1 fully saturated rings. The fourth-order valence-electron chi connectivity index (χ4n) is 3.92. The lowest BCUT2D eigenvalue weighted by atomic mass is 9.83. The largest absolute Gasteiger partial charge is 0.497 e. The van der Waals surface area contributed by atoms with E-state index in [1.165, 1.54) is 11.8 Å². The normalized spacial score (nSPS) is 19.9. The van der Waals surface area contributed by atoms with E-state index in [-0.39, 0.29) is 18.4 Å². The maximum Gasteiger partial charge on any atom is 0.330 e. The molecule has 2 aromatic carbocycles. The third-order valence-electron chi connectivity index (χ3n) is 5.75. The molecule has 0 bridgehead atoms. The standard InChI is InChI=1S/C25H31NO5S/c1-5-7-15-31-23(27)22-25(6-2,32-20-11-9-8-10-12-20)24(28)26(22)17-18-13-14-19(29-3)16-21(18)30-4/h8-14,16,22H,5-7,15,17H2,1-4H3. The molecule has 0 radical (unpaired) electrons. The SMILES string of the molecule is CCCCOC(=O)C1N(Cc2ccc(OC)cc2OC)C(=O)C1(CC)Sc1ccccc1. The summed E-state index contributed by atoms with van der Waals surface area (Å²) in [5.74, 6) is 0.860. The monoisotopic (exact) mass is 457 g/mol. The maximum atomic E-state index is 13.5. The number of methoxy groups -OCH3 is 2. The number of ether oxygens (including phenoxy) is 3. The van der Waals surface area contributed by atoms with Crippen molar-refractivity contribution in [2.45, 2.75) is 55.3 Å². The van der Waals surface area contributed by atoms with Crippen molar-refractivity contribution in [1.82, 2.24) is 4.90 Å². The number of thioether (sulfide) groups is 1. The molecular weight excluding hydrogens is 426 g/mol. The predicted octanol–water partition coefficient (Wildman–Crippen LogP) is 4.70. The van der Waals surface area contributed by atoms with Crippen LogP contribution in [0.15, 0.2) is 53.4 Å². The fraction of sp³-hybridized carbons (Fsp3) is 0.440. The molecule has 0 aromatic heterocycles. The number of unbranched alkanes of at least 4 members (excludes halogenated alkanes) is 1. The summed E-state index contributed by atoms with van der Waals surface area (Å²) >= 11 is 1.45. The molecule has 1 aliphatic heterocycles. The average molecular weight is 458 g/mol. The van der Waals surface area contributed by atoms with Gasteiger partial charge in [0.25, 0.3) is 0 Å². The molecule has 1 aliphatic rings. The number of β-lactam (4-membered cyclic amide) rings is 1. The van der Waals surface area contributed by atoms with Crippen LogP contribution in [0.3, 0.4) is 0 Å². The second-order valence-corrected chi connectivity index (χ2v) is 9.10. The molecule has 2 aromatic rings. The highest BCUT2D eigenvalue weighted by Gasteiger charge is 2.64. The Bertz CT molecular complexity index is 935. The second kappa shape index (κ2) is 10.8. The molecule has 32 heavy (non-hydrogen) atoms. The Kier molecular flexibility index (Phi) is 8.07. The van der Waals surface area contributed by atoms with Gasteiger partial charge in [0, 0.05) is 16.5 Å². The molecular formula is C25H31NO5S. The van der Waals surface area contributed by atoms with Gasteiger partial charge in [-0.05, 0) is 37.1 Å². The Morgan fingerprint density at radius 2 is 1.84 bits per heavy atom. The molecule has 2 unspecified atom stereocenters. The van der Waals surface area contributed by atoms with Gasteiger partial charge < -0.3 is 19.1 Å². The Morgan fingerprint density at radius 3 is 2.47 bits per heavy atom. The lowest BCUT2D eigenvalue weighted by Crippen LogP contribution is -2.74. The number of nitrogens with zero attached hydrogens (tertiary/aromatic N) is 1. The minimum absolute atomic E-state index is 0.0656. The van der Waals surface area contributed by atoms with Crippen molar-refractivity contribution in [3.8, 4) is 11.5 Å². The van der Waals surface area contributed by atoms with Crippen molar-refractivity contribution in [2.24, 2.45) is 0 Å². The lowest BCUT2D eigenvalue weighted by molar-refractivity contribution is -0.172. The summed E-state index contributed by atoms with van der Waals surface area (Å²) in [7, 11) is 3.17. The van der Waals surface area contributed by atoms with E-state index in [0.717, 1.165) is 23.3 Å². The summed E-state index contributed by atoms with van der Waals surface area (Å²) in [4.78, 5) is 29.3. The molecule has 0 saturated carbocycles. The quantitative estimate of drug-likeness (QED) is 0.277. The van der Waals surface area contributed by atoms with Crippen molar-refractivity contribution >= 4 is 23.6 Å². The van der Waals surface area contributed by atoms with Crippen LogP contribution in [-0.2, 0) is 20.9 Å². The van der Waals surface area contributed by atoms with E-state index in [1.54, 1.807) is 25.2 Å². The third kappa shape index (κ3) is 4.72. The molecule has 6 nitrogen and oxygen atoms in total. The molecule has 2 atom stereocenters. The van der Waals surface area contributed by atoms with Crippen LogP contribution in [-0.4, -0.2) is 48.4 Å². The van der Waals surface area contributed by atoms with Crippen molar-refractivity contribution in [3.63, 3.8) is 0 Å². The van der Waals surface area contributed by atoms with Crippen LogP contribution in [0.4, 0.5) is 0 Å². The van der Waals surface area contributed by atoms with Gasteiger partial charge in [-0.3, -0.25) is 4.79 Å². The Morgan fingerprint density at radius 1 is 1.09 bits per heavy atom. The second-order valence-electron chi connectivity index (χ2n) is 7.69. The summed E-state index contributed by atoms with van der Waals surface area (Å²) in [6.07, 6.45) is 2.25. The van der Waals surface area contributed by atoms with Gasteiger partial charge in [-0.25, -0.2) is 4.79 Å². The molecule has 0 spiro atoms. The minimum atomic E-state index is -0.885. The van der Waals surface area contributed by atoms with E-state index < -0.39 is 10.8 Å². The highest BCUT2D eigenvalue weighted by atomic mass is 32.2. The summed E-state index contributed by atoms with van der Waals surface area (Å²) in [5, 5.41) is 0. The molecule has 172 valence electrons. The van der Waals surface area contributed by atoms with Crippen LogP contribution in [0, 0.1) is 0 Å². The number of likely N-dealkylation sites (tertiary alicyclic amines) is 1.